The second kappa shape index (κ2) is 6.03. The van der Waals surface area contributed by atoms with Crippen molar-refractivity contribution in [2.75, 3.05) is 18.5 Å². The topological polar surface area (TPSA) is 57.6 Å². The summed E-state index contributed by atoms with van der Waals surface area (Å²) in [5.74, 6) is -0.899. The van der Waals surface area contributed by atoms with E-state index in [2.05, 4.69) is 0 Å². The minimum atomic E-state index is -0.899. The predicted octanol–water partition coefficient (Wildman–Crippen LogP) is 1.44. The van der Waals surface area contributed by atoms with Gasteiger partial charge in [-0.3, -0.25) is 9.59 Å². The summed E-state index contributed by atoms with van der Waals surface area (Å²) in [5.41, 5.74) is 1.26. The molecule has 1 rings (SSSR count). The van der Waals surface area contributed by atoms with E-state index in [1.807, 2.05) is 0 Å². The number of anilines is 1. The molecule has 1 aromatic rings. The molecule has 0 heterocycles. The lowest BCUT2D eigenvalue weighted by atomic mass is 10.2. The first-order chi connectivity index (χ1) is 6.63. The zero-order valence-corrected chi connectivity index (χ0v) is 9.03. The fraction of sp³-hybridized carbons (Fsp3) is 0.200. The van der Waals surface area contributed by atoms with Crippen LogP contribution in [0, 0.1) is 0 Å². The number of nitrogens with zero attached hydrogens (tertiary/aromatic N) is 1. The molecule has 1 N–H and O–H groups in total. The van der Waals surface area contributed by atoms with E-state index in [0.717, 1.165) is 12.0 Å². The van der Waals surface area contributed by atoms with E-state index in [0.29, 0.717) is 5.56 Å². The van der Waals surface area contributed by atoms with Crippen molar-refractivity contribution in [3.8, 4) is 0 Å². The molecule has 0 aromatic heterocycles. The van der Waals surface area contributed by atoms with E-state index in [1.54, 1.807) is 36.2 Å². The van der Waals surface area contributed by atoms with Crippen LogP contribution in [0.2, 0.25) is 0 Å². The van der Waals surface area contributed by atoms with Gasteiger partial charge in [0.05, 0.1) is 0 Å². The Morgan fingerprint density at radius 3 is 2.73 bits per heavy atom. The number of rotatable bonds is 4. The smallest absolute Gasteiger partial charge is 0.323 e. The van der Waals surface area contributed by atoms with Crippen LogP contribution in [-0.4, -0.2) is 31.0 Å². The van der Waals surface area contributed by atoms with Gasteiger partial charge in [-0.1, -0.05) is 12.1 Å². The van der Waals surface area contributed by atoms with Crippen LogP contribution >= 0.6 is 12.4 Å². The molecule has 4 nitrogen and oxygen atoms in total. The quantitative estimate of drug-likeness (QED) is 0.794. The average molecular weight is 230 g/mol. The number of carboxylic acids is 1. The van der Waals surface area contributed by atoms with Gasteiger partial charge in [0.15, 0.2) is 0 Å². The second-order valence-corrected chi connectivity index (χ2v) is 2.96. The standard InChI is InChI=1S/C10H11NO3.ClH/c1-11(6-10(13)14)9-4-2-3-8(5-9)7-12;/h2-5,7H,6H2,1H3,(H,13,14);1H. The summed E-state index contributed by atoms with van der Waals surface area (Å²) in [6.45, 7) is -0.0810. The van der Waals surface area contributed by atoms with Crippen LogP contribution in [0.1, 0.15) is 10.4 Å². The van der Waals surface area contributed by atoms with Crippen LogP contribution in [0.4, 0.5) is 5.69 Å². The molecule has 0 radical (unpaired) electrons. The summed E-state index contributed by atoms with van der Waals surface area (Å²) in [5, 5.41) is 8.56. The molecule has 15 heavy (non-hydrogen) atoms. The van der Waals surface area contributed by atoms with E-state index >= 15 is 0 Å². The first-order valence-electron chi connectivity index (χ1n) is 4.11. The van der Waals surface area contributed by atoms with Crippen LogP contribution in [0.5, 0.6) is 0 Å². The lowest BCUT2D eigenvalue weighted by Crippen LogP contribution is -2.25. The molecule has 0 bridgehead atoms. The van der Waals surface area contributed by atoms with Crippen molar-refractivity contribution in [1.82, 2.24) is 0 Å². The highest BCUT2D eigenvalue weighted by Crippen LogP contribution is 2.13. The Bertz CT molecular complexity index is 354. The Hall–Kier alpha value is -1.55. The number of carbonyl (C=O) groups is 2. The summed E-state index contributed by atoms with van der Waals surface area (Å²) in [6, 6.07) is 6.80. The van der Waals surface area contributed by atoms with E-state index in [1.165, 1.54) is 0 Å². The largest absolute Gasteiger partial charge is 0.480 e. The van der Waals surface area contributed by atoms with Crippen molar-refractivity contribution in [2.45, 2.75) is 0 Å². The molecule has 0 aliphatic rings. The molecule has 0 fully saturated rings. The molecule has 0 aliphatic carbocycles. The van der Waals surface area contributed by atoms with Gasteiger partial charge in [0, 0.05) is 18.3 Å². The van der Waals surface area contributed by atoms with Gasteiger partial charge in [-0.05, 0) is 12.1 Å². The van der Waals surface area contributed by atoms with Crippen molar-refractivity contribution in [3.05, 3.63) is 29.8 Å². The maximum atomic E-state index is 10.5. The van der Waals surface area contributed by atoms with Gasteiger partial charge in [-0.2, -0.15) is 0 Å². The fourth-order valence-electron chi connectivity index (χ4n) is 1.13. The molecule has 82 valence electrons. The number of hydrogen-bond donors (Lipinski definition) is 1. The van der Waals surface area contributed by atoms with Gasteiger partial charge < -0.3 is 10.0 Å². The summed E-state index contributed by atoms with van der Waals surface area (Å²) in [4.78, 5) is 22.5. The number of aldehydes is 1. The lowest BCUT2D eigenvalue weighted by molar-refractivity contribution is -0.135. The Balaban J connectivity index is 0.00000196. The Labute approximate surface area is 93.9 Å². The van der Waals surface area contributed by atoms with Crippen LogP contribution in [-0.2, 0) is 4.79 Å². The van der Waals surface area contributed by atoms with Crippen molar-refractivity contribution in [1.29, 1.82) is 0 Å². The molecule has 0 amide bonds. The highest BCUT2D eigenvalue weighted by Gasteiger charge is 2.05. The zero-order chi connectivity index (χ0) is 10.6. The third-order valence-corrected chi connectivity index (χ3v) is 1.82. The van der Waals surface area contributed by atoms with Crippen LogP contribution in [0.3, 0.4) is 0 Å². The molecule has 0 spiro atoms. The van der Waals surface area contributed by atoms with Crippen molar-refractivity contribution in [3.63, 3.8) is 0 Å². The van der Waals surface area contributed by atoms with E-state index in [9.17, 15) is 9.59 Å². The van der Waals surface area contributed by atoms with Crippen molar-refractivity contribution >= 4 is 30.3 Å². The first kappa shape index (κ1) is 13.4. The molecule has 0 unspecified atom stereocenters. The molecule has 0 aliphatic heterocycles. The van der Waals surface area contributed by atoms with E-state index in [4.69, 9.17) is 5.11 Å². The number of aliphatic carboxylic acids is 1. The van der Waals surface area contributed by atoms with Gasteiger partial charge >= 0.3 is 5.97 Å². The number of hydrogen-bond acceptors (Lipinski definition) is 3. The second-order valence-electron chi connectivity index (χ2n) is 2.96. The molecule has 0 saturated carbocycles. The minimum absolute atomic E-state index is 0. The predicted molar refractivity (Wildman–Crippen MR) is 60.0 cm³/mol. The minimum Gasteiger partial charge on any atom is -0.480 e. The van der Waals surface area contributed by atoms with Gasteiger partial charge in [0.2, 0.25) is 0 Å². The number of carboxylic acid groups (broad SMARTS) is 1. The summed E-state index contributed by atoms with van der Waals surface area (Å²) < 4.78 is 0. The maximum absolute atomic E-state index is 10.5. The fourth-order valence-corrected chi connectivity index (χ4v) is 1.13. The van der Waals surface area contributed by atoms with Crippen LogP contribution in [0.15, 0.2) is 24.3 Å². The number of benzene rings is 1. The lowest BCUT2D eigenvalue weighted by Gasteiger charge is -2.16. The molecule has 1 aromatic carbocycles. The highest BCUT2D eigenvalue weighted by molar-refractivity contribution is 5.85. The monoisotopic (exact) mass is 229 g/mol. The van der Waals surface area contributed by atoms with Gasteiger partial charge in [0.1, 0.15) is 12.8 Å². The molecular formula is C10H12ClNO3. The number of halogens is 1. The molecular weight excluding hydrogens is 218 g/mol. The number of carbonyl (C=O) groups excluding carboxylic acids is 1. The highest BCUT2D eigenvalue weighted by atomic mass is 35.5. The van der Waals surface area contributed by atoms with E-state index in [-0.39, 0.29) is 19.0 Å². The molecule has 0 saturated heterocycles. The summed E-state index contributed by atoms with van der Waals surface area (Å²) >= 11 is 0. The number of likely N-dealkylation sites (N-methyl/N-ethyl adjacent to an activating group) is 1. The molecule has 0 atom stereocenters. The van der Waals surface area contributed by atoms with Gasteiger partial charge in [-0.15, -0.1) is 12.4 Å². The third-order valence-electron chi connectivity index (χ3n) is 1.82. The Morgan fingerprint density at radius 1 is 1.53 bits per heavy atom. The maximum Gasteiger partial charge on any atom is 0.323 e. The van der Waals surface area contributed by atoms with Crippen LogP contribution < -0.4 is 4.90 Å². The van der Waals surface area contributed by atoms with Crippen molar-refractivity contribution in [2.24, 2.45) is 0 Å². The molecule has 5 heteroatoms. The van der Waals surface area contributed by atoms with Crippen molar-refractivity contribution < 1.29 is 14.7 Å². The van der Waals surface area contributed by atoms with Gasteiger partial charge in [0.25, 0.3) is 0 Å². The summed E-state index contributed by atoms with van der Waals surface area (Å²) in [6.07, 6.45) is 0.734. The SMILES string of the molecule is CN(CC(=O)O)c1cccc(C=O)c1.Cl. The average Bonchev–Trinajstić information content (AvgIpc) is 2.17. The van der Waals surface area contributed by atoms with E-state index < -0.39 is 5.97 Å². The summed E-state index contributed by atoms with van der Waals surface area (Å²) in [7, 11) is 1.66. The van der Waals surface area contributed by atoms with Gasteiger partial charge in [-0.25, -0.2) is 0 Å². The first-order valence-corrected chi connectivity index (χ1v) is 4.11. The zero-order valence-electron chi connectivity index (χ0n) is 8.21. The normalized spacial score (nSPS) is 8.87. The third kappa shape index (κ3) is 3.99. The Morgan fingerprint density at radius 2 is 2.20 bits per heavy atom. The Kier molecular flexibility index (Phi) is 5.41. The van der Waals surface area contributed by atoms with Crippen LogP contribution in [0.25, 0.3) is 0 Å².